The number of nitrogens with zero attached hydrogens (tertiary/aromatic N) is 2. The number of aryl methyl sites for hydroxylation is 2. The van der Waals surface area contributed by atoms with Gasteiger partial charge in [0.15, 0.2) is 0 Å². The van der Waals surface area contributed by atoms with Gasteiger partial charge >= 0.3 is 0 Å². The number of carbonyl (C=O) groups excluding carboxylic acids is 1. The first-order valence-electron chi connectivity index (χ1n) is 10.9. The molecule has 0 amide bonds. The Morgan fingerprint density at radius 1 is 0.839 bits per heavy atom. The highest BCUT2D eigenvalue weighted by molar-refractivity contribution is 5.78. The molecule has 0 bridgehead atoms. The molecule has 1 heterocycles. The van der Waals surface area contributed by atoms with Gasteiger partial charge in [-0.05, 0) is 73.9 Å². The van der Waals surface area contributed by atoms with Gasteiger partial charge in [-0.25, -0.2) is 0 Å². The van der Waals surface area contributed by atoms with Crippen molar-refractivity contribution in [2.24, 2.45) is 0 Å². The van der Waals surface area contributed by atoms with Crippen LogP contribution in [0.1, 0.15) is 40.0 Å². The summed E-state index contributed by atoms with van der Waals surface area (Å²) in [5.74, 6) is 1.71. The maximum absolute atomic E-state index is 11.1. The van der Waals surface area contributed by atoms with Crippen LogP contribution < -0.4 is 9.64 Å². The molecule has 160 valence electrons. The lowest BCUT2D eigenvalue weighted by molar-refractivity contribution is 0.112. The molecule has 4 nitrogen and oxygen atoms in total. The van der Waals surface area contributed by atoms with Crippen molar-refractivity contribution in [1.82, 2.24) is 4.90 Å². The third kappa shape index (κ3) is 4.80. The molecule has 0 spiro atoms. The van der Waals surface area contributed by atoms with Crippen LogP contribution in [0.2, 0.25) is 0 Å². The average molecular weight is 415 g/mol. The molecule has 1 aliphatic rings. The van der Waals surface area contributed by atoms with Crippen LogP contribution in [0.15, 0.2) is 66.7 Å². The fourth-order valence-corrected chi connectivity index (χ4v) is 4.54. The highest BCUT2D eigenvalue weighted by atomic mass is 16.5. The Hall–Kier alpha value is -3.11. The Morgan fingerprint density at radius 3 is 2.00 bits per heavy atom. The Bertz CT molecular complexity index is 1000. The van der Waals surface area contributed by atoms with Crippen LogP contribution in [0.4, 0.5) is 5.69 Å². The van der Waals surface area contributed by atoms with Crippen LogP contribution in [-0.2, 0) is 0 Å². The predicted octanol–water partition coefficient (Wildman–Crippen LogP) is 5.79. The number of anilines is 1. The predicted molar refractivity (Wildman–Crippen MR) is 126 cm³/mol. The first-order chi connectivity index (χ1) is 15.0. The summed E-state index contributed by atoms with van der Waals surface area (Å²) in [7, 11) is 0. The van der Waals surface area contributed by atoms with Gasteiger partial charge in [-0.3, -0.25) is 9.69 Å². The molecule has 0 N–H and O–H groups in total. The van der Waals surface area contributed by atoms with Gasteiger partial charge in [0.25, 0.3) is 0 Å². The number of piperazine rings is 1. The minimum absolute atomic E-state index is 0.354. The average Bonchev–Trinajstić information content (AvgIpc) is 2.80. The second-order valence-electron chi connectivity index (χ2n) is 8.30. The van der Waals surface area contributed by atoms with Gasteiger partial charge in [0.2, 0.25) is 0 Å². The zero-order chi connectivity index (χ0) is 21.8. The molecule has 1 atom stereocenters. The van der Waals surface area contributed by atoms with Crippen LogP contribution in [0.5, 0.6) is 11.5 Å². The zero-order valence-corrected chi connectivity index (χ0v) is 18.5. The molecule has 1 fully saturated rings. The van der Waals surface area contributed by atoms with Gasteiger partial charge in [0.05, 0.1) is 0 Å². The second-order valence-corrected chi connectivity index (χ2v) is 8.30. The van der Waals surface area contributed by atoms with Crippen LogP contribution in [0, 0.1) is 13.8 Å². The molecule has 3 aromatic carbocycles. The number of hydrogen-bond acceptors (Lipinski definition) is 4. The lowest BCUT2D eigenvalue weighted by atomic mass is 10.0. The monoisotopic (exact) mass is 414 g/mol. The molecule has 0 radical (unpaired) electrons. The number of hydrogen-bond donors (Lipinski definition) is 0. The molecule has 1 saturated heterocycles. The summed E-state index contributed by atoms with van der Waals surface area (Å²) in [6, 6.07) is 22.6. The molecule has 1 aliphatic heterocycles. The van der Waals surface area contributed by atoms with E-state index in [1.807, 2.05) is 42.5 Å². The summed E-state index contributed by atoms with van der Waals surface area (Å²) in [6.07, 6.45) is 0.930. The highest BCUT2D eigenvalue weighted by Gasteiger charge is 2.24. The van der Waals surface area contributed by atoms with Gasteiger partial charge in [0.1, 0.15) is 17.8 Å². The van der Waals surface area contributed by atoms with Crippen LogP contribution in [-0.4, -0.2) is 37.4 Å². The molecule has 0 aliphatic carbocycles. The van der Waals surface area contributed by atoms with E-state index in [2.05, 4.69) is 54.8 Å². The van der Waals surface area contributed by atoms with E-state index < -0.39 is 0 Å². The second kappa shape index (κ2) is 9.36. The van der Waals surface area contributed by atoms with Gasteiger partial charge in [0, 0.05) is 43.5 Å². The number of ether oxygens (including phenoxy) is 1. The van der Waals surface area contributed by atoms with Gasteiger partial charge in [-0.2, -0.15) is 0 Å². The summed E-state index contributed by atoms with van der Waals surface area (Å²) < 4.78 is 5.92. The quantitative estimate of drug-likeness (QED) is 0.478. The molecule has 3 aromatic rings. The fraction of sp³-hybridized carbons (Fsp3) is 0.296. The van der Waals surface area contributed by atoms with Gasteiger partial charge in [-0.1, -0.05) is 30.3 Å². The van der Waals surface area contributed by atoms with E-state index >= 15 is 0 Å². The number of carbonyl (C=O) groups is 1. The maximum atomic E-state index is 11.1. The lowest BCUT2D eigenvalue weighted by Crippen LogP contribution is -2.47. The Balaban J connectivity index is 1.38. The summed E-state index contributed by atoms with van der Waals surface area (Å²) in [5, 5.41) is 0. The molecule has 0 aromatic heterocycles. The lowest BCUT2D eigenvalue weighted by Gasteiger charge is -2.40. The molecule has 4 rings (SSSR count). The van der Waals surface area contributed by atoms with Crippen LogP contribution in [0.3, 0.4) is 0 Å². The summed E-state index contributed by atoms with van der Waals surface area (Å²) >= 11 is 0. The van der Waals surface area contributed by atoms with Crippen molar-refractivity contribution < 1.29 is 9.53 Å². The minimum atomic E-state index is 0.354. The Morgan fingerprint density at radius 2 is 1.42 bits per heavy atom. The van der Waals surface area contributed by atoms with Crippen molar-refractivity contribution in [3.63, 3.8) is 0 Å². The molecular formula is C27H30N2O2. The third-order valence-corrected chi connectivity index (χ3v) is 6.17. The van der Waals surface area contributed by atoms with E-state index in [0.29, 0.717) is 6.04 Å². The van der Waals surface area contributed by atoms with Crippen molar-refractivity contribution >= 4 is 12.0 Å². The molecular weight excluding hydrogens is 384 g/mol. The first kappa shape index (κ1) is 21.1. The van der Waals surface area contributed by atoms with Crippen molar-refractivity contribution in [3.05, 3.63) is 89.0 Å². The standard InChI is InChI=1S/C27H30N2O2/c1-20-17-23(19-30)18-21(2)27(20)29-15-13-28(14-16-29)22(3)24-9-11-26(12-10-24)31-25-7-5-4-6-8-25/h4-12,17-19,22H,13-16H2,1-3H3/t22-/m0/s1. The van der Waals surface area contributed by atoms with Crippen LogP contribution >= 0.6 is 0 Å². The first-order valence-corrected chi connectivity index (χ1v) is 10.9. The fourth-order valence-electron chi connectivity index (χ4n) is 4.54. The minimum Gasteiger partial charge on any atom is -0.457 e. The Labute approximate surface area is 185 Å². The Kier molecular flexibility index (Phi) is 6.38. The van der Waals surface area contributed by atoms with E-state index in [-0.39, 0.29) is 0 Å². The maximum Gasteiger partial charge on any atom is 0.150 e. The van der Waals surface area contributed by atoms with Gasteiger partial charge in [-0.15, -0.1) is 0 Å². The third-order valence-electron chi connectivity index (χ3n) is 6.17. The van der Waals surface area contributed by atoms with Gasteiger partial charge < -0.3 is 9.64 Å². The number of benzene rings is 3. The van der Waals surface area contributed by atoms with Crippen molar-refractivity contribution in [1.29, 1.82) is 0 Å². The topological polar surface area (TPSA) is 32.8 Å². The summed E-state index contributed by atoms with van der Waals surface area (Å²) in [5.41, 5.74) is 5.69. The molecule has 0 saturated carbocycles. The smallest absolute Gasteiger partial charge is 0.150 e. The number of para-hydroxylation sites is 1. The SMILES string of the molecule is Cc1cc(C=O)cc(C)c1N1CCN([C@@H](C)c2ccc(Oc3ccccc3)cc2)CC1. The van der Waals surface area contributed by atoms with E-state index in [1.165, 1.54) is 22.4 Å². The van der Waals surface area contributed by atoms with Crippen molar-refractivity contribution in [3.8, 4) is 11.5 Å². The largest absolute Gasteiger partial charge is 0.457 e. The van der Waals surface area contributed by atoms with E-state index in [4.69, 9.17) is 4.74 Å². The summed E-state index contributed by atoms with van der Waals surface area (Å²) in [6.45, 7) is 10.5. The summed E-state index contributed by atoms with van der Waals surface area (Å²) in [4.78, 5) is 16.1. The molecule has 31 heavy (non-hydrogen) atoms. The zero-order valence-electron chi connectivity index (χ0n) is 18.5. The molecule has 4 heteroatoms. The highest BCUT2D eigenvalue weighted by Crippen LogP contribution is 2.30. The molecule has 0 unspecified atom stereocenters. The number of rotatable bonds is 6. The normalized spacial score (nSPS) is 15.5. The van der Waals surface area contributed by atoms with Crippen molar-refractivity contribution in [2.75, 3.05) is 31.1 Å². The van der Waals surface area contributed by atoms with Crippen LogP contribution in [0.25, 0.3) is 0 Å². The van der Waals surface area contributed by atoms with Crippen molar-refractivity contribution in [2.45, 2.75) is 26.8 Å². The van der Waals surface area contributed by atoms with E-state index in [1.54, 1.807) is 0 Å². The van der Waals surface area contributed by atoms with E-state index in [9.17, 15) is 4.79 Å². The van der Waals surface area contributed by atoms with E-state index in [0.717, 1.165) is 49.5 Å². The number of aldehydes is 1.